The Morgan fingerprint density at radius 1 is 1.33 bits per heavy atom. The molecule has 0 fully saturated rings. The number of ether oxygens (including phenoxy) is 1. The minimum absolute atomic E-state index is 0.255. The average Bonchev–Trinajstić information content (AvgIpc) is 2.51. The third-order valence-corrected chi connectivity index (χ3v) is 3.53. The molecule has 0 amide bonds. The number of rotatable bonds is 5. The molecule has 2 aromatic rings. The van der Waals surface area contributed by atoms with Crippen LogP contribution < -0.4 is 4.74 Å². The Hall–Kier alpha value is -2.38. The van der Waals surface area contributed by atoms with Gasteiger partial charge in [-0.1, -0.05) is 35.9 Å². The van der Waals surface area contributed by atoms with Gasteiger partial charge in [0.25, 0.3) is 0 Å². The van der Waals surface area contributed by atoms with Crippen molar-refractivity contribution in [2.24, 2.45) is 5.18 Å². The van der Waals surface area contributed by atoms with Gasteiger partial charge >= 0.3 is 0 Å². The second-order valence-corrected chi connectivity index (χ2v) is 4.94. The Kier molecular flexibility index (Phi) is 4.91. The van der Waals surface area contributed by atoms with Crippen LogP contribution in [0.5, 0.6) is 5.75 Å². The fourth-order valence-electron chi connectivity index (χ4n) is 1.95. The Morgan fingerprint density at radius 3 is 2.76 bits per heavy atom. The number of nitroso groups, excluding NO2 is 1. The van der Waals surface area contributed by atoms with Gasteiger partial charge in [-0.25, -0.2) is 0 Å². The Labute approximate surface area is 127 Å². The fourth-order valence-corrected chi connectivity index (χ4v) is 2.07. The second-order valence-electron chi connectivity index (χ2n) is 4.54. The summed E-state index contributed by atoms with van der Waals surface area (Å²) in [6.07, 6.45) is 0. The van der Waals surface area contributed by atoms with E-state index in [2.05, 4.69) is 5.18 Å². The summed E-state index contributed by atoms with van der Waals surface area (Å²) in [6.45, 7) is 2.15. The van der Waals surface area contributed by atoms with Gasteiger partial charge in [0.15, 0.2) is 0 Å². The Balaban J connectivity index is 2.18. The first kappa shape index (κ1) is 15.0. The minimum Gasteiger partial charge on any atom is -0.489 e. The number of aryl methyl sites for hydroxylation is 1. The summed E-state index contributed by atoms with van der Waals surface area (Å²) in [5, 5.41) is 12.5. The van der Waals surface area contributed by atoms with Crippen molar-refractivity contribution >= 4 is 11.6 Å². The highest BCUT2D eigenvalue weighted by Crippen LogP contribution is 2.24. The van der Waals surface area contributed by atoms with Gasteiger partial charge in [0, 0.05) is 10.6 Å². The van der Waals surface area contributed by atoms with E-state index < -0.39 is 6.04 Å². The van der Waals surface area contributed by atoms with Crippen LogP contribution in [0, 0.1) is 23.2 Å². The van der Waals surface area contributed by atoms with Crippen LogP contribution in [0.1, 0.15) is 22.7 Å². The first-order chi connectivity index (χ1) is 10.2. The summed E-state index contributed by atoms with van der Waals surface area (Å²) in [6, 6.07) is 13.3. The van der Waals surface area contributed by atoms with Crippen molar-refractivity contribution in [3.05, 3.63) is 69.1 Å². The van der Waals surface area contributed by atoms with E-state index in [1.165, 1.54) is 0 Å². The maximum absolute atomic E-state index is 10.7. The molecule has 0 saturated heterocycles. The van der Waals surface area contributed by atoms with Crippen LogP contribution in [0.15, 0.2) is 47.6 Å². The van der Waals surface area contributed by atoms with E-state index in [0.717, 1.165) is 11.1 Å². The number of hydrogen-bond donors (Lipinski definition) is 0. The van der Waals surface area contributed by atoms with Gasteiger partial charge < -0.3 is 4.74 Å². The zero-order valence-corrected chi connectivity index (χ0v) is 12.2. The van der Waals surface area contributed by atoms with Crippen LogP contribution in [-0.2, 0) is 6.61 Å². The number of benzene rings is 2. The molecule has 5 heteroatoms. The molecule has 0 bridgehead atoms. The lowest BCUT2D eigenvalue weighted by Gasteiger charge is -2.12. The summed E-state index contributed by atoms with van der Waals surface area (Å²) in [5.41, 5.74) is 2.25. The van der Waals surface area contributed by atoms with Gasteiger partial charge in [-0.05, 0) is 41.4 Å². The Bertz CT molecular complexity index is 695. The third-order valence-electron chi connectivity index (χ3n) is 3.10. The molecule has 1 unspecified atom stereocenters. The van der Waals surface area contributed by atoms with Crippen molar-refractivity contribution < 1.29 is 4.74 Å². The fraction of sp³-hybridized carbons (Fsp3) is 0.188. The molecule has 2 rings (SSSR count). The standard InChI is InChI=1S/C16H13ClN2O2/c1-11-8-13(6-7-15(11)17)21-10-12-4-2-3-5-14(12)16(9-18)19-20/h2-8,16H,10H2,1H3. The van der Waals surface area contributed by atoms with E-state index in [0.29, 0.717) is 16.3 Å². The molecule has 0 aliphatic rings. The molecule has 21 heavy (non-hydrogen) atoms. The van der Waals surface area contributed by atoms with Gasteiger partial charge in [0.2, 0.25) is 6.04 Å². The van der Waals surface area contributed by atoms with Crippen molar-refractivity contribution in [1.82, 2.24) is 0 Å². The lowest BCUT2D eigenvalue weighted by Crippen LogP contribution is -2.02. The van der Waals surface area contributed by atoms with Gasteiger partial charge in [0.05, 0.1) is 6.07 Å². The summed E-state index contributed by atoms with van der Waals surface area (Å²) in [7, 11) is 0. The highest BCUT2D eigenvalue weighted by Gasteiger charge is 2.14. The van der Waals surface area contributed by atoms with Gasteiger partial charge in [0.1, 0.15) is 12.4 Å². The lowest BCUT2D eigenvalue weighted by atomic mass is 10.0. The maximum atomic E-state index is 10.7. The molecule has 4 nitrogen and oxygen atoms in total. The highest BCUT2D eigenvalue weighted by atomic mass is 35.5. The van der Waals surface area contributed by atoms with Gasteiger partial charge in [-0.2, -0.15) is 5.26 Å². The van der Waals surface area contributed by atoms with Crippen molar-refractivity contribution in [2.45, 2.75) is 19.6 Å². The van der Waals surface area contributed by atoms with Crippen molar-refractivity contribution in [1.29, 1.82) is 5.26 Å². The van der Waals surface area contributed by atoms with Crippen molar-refractivity contribution in [3.63, 3.8) is 0 Å². The normalized spacial score (nSPS) is 11.5. The molecule has 106 valence electrons. The van der Waals surface area contributed by atoms with E-state index in [-0.39, 0.29) is 6.61 Å². The van der Waals surface area contributed by atoms with E-state index >= 15 is 0 Å². The molecule has 0 saturated carbocycles. The molecule has 2 aromatic carbocycles. The molecule has 0 heterocycles. The average molecular weight is 301 g/mol. The van der Waals surface area contributed by atoms with Gasteiger partial charge in [-0.15, -0.1) is 4.91 Å². The van der Waals surface area contributed by atoms with E-state index in [1.807, 2.05) is 31.2 Å². The molecule has 0 spiro atoms. The number of nitrogens with zero attached hydrogens (tertiary/aromatic N) is 2. The molecule has 0 aliphatic carbocycles. The van der Waals surface area contributed by atoms with E-state index in [4.69, 9.17) is 21.6 Å². The summed E-state index contributed by atoms with van der Waals surface area (Å²) < 4.78 is 5.70. The second kappa shape index (κ2) is 6.87. The number of hydrogen-bond acceptors (Lipinski definition) is 4. The SMILES string of the molecule is Cc1cc(OCc2ccccc2C(C#N)N=O)ccc1Cl. The zero-order valence-electron chi connectivity index (χ0n) is 11.4. The zero-order chi connectivity index (χ0) is 15.2. The van der Waals surface area contributed by atoms with Gasteiger partial charge in [-0.3, -0.25) is 0 Å². The van der Waals surface area contributed by atoms with Crippen LogP contribution in [0.4, 0.5) is 0 Å². The molecular weight excluding hydrogens is 288 g/mol. The first-order valence-corrected chi connectivity index (χ1v) is 6.72. The number of nitriles is 1. The monoisotopic (exact) mass is 300 g/mol. The molecule has 0 N–H and O–H groups in total. The topological polar surface area (TPSA) is 62.4 Å². The van der Waals surface area contributed by atoms with Crippen LogP contribution in [0.3, 0.4) is 0 Å². The largest absolute Gasteiger partial charge is 0.489 e. The van der Waals surface area contributed by atoms with Crippen LogP contribution in [-0.4, -0.2) is 0 Å². The Morgan fingerprint density at radius 2 is 2.10 bits per heavy atom. The summed E-state index contributed by atoms with van der Waals surface area (Å²) >= 11 is 5.96. The molecule has 0 radical (unpaired) electrons. The van der Waals surface area contributed by atoms with E-state index in [9.17, 15) is 4.91 Å². The summed E-state index contributed by atoms with van der Waals surface area (Å²) in [5.74, 6) is 0.680. The van der Waals surface area contributed by atoms with E-state index in [1.54, 1.807) is 24.3 Å². The smallest absolute Gasteiger partial charge is 0.203 e. The van der Waals surface area contributed by atoms with Crippen molar-refractivity contribution in [2.75, 3.05) is 0 Å². The minimum atomic E-state index is -1.02. The van der Waals surface area contributed by atoms with Crippen LogP contribution in [0.25, 0.3) is 0 Å². The van der Waals surface area contributed by atoms with Crippen molar-refractivity contribution in [3.8, 4) is 11.8 Å². The van der Waals surface area contributed by atoms with Crippen LogP contribution in [0.2, 0.25) is 5.02 Å². The predicted molar refractivity (Wildman–Crippen MR) is 81.1 cm³/mol. The number of halogens is 1. The molecule has 1 atom stereocenters. The molecular formula is C16H13ClN2O2. The maximum Gasteiger partial charge on any atom is 0.203 e. The highest BCUT2D eigenvalue weighted by molar-refractivity contribution is 6.31. The predicted octanol–water partition coefficient (Wildman–Crippen LogP) is 4.56. The molecule has 0 aromatic heterocycles. The van der Waals surface area contributed by atoms with Crippen LogP contribution >= 0.6 is 11.6 Å². The summed E-state index contributed by atoms with van der Waals surface area (Å²) in [4.78, 5) is 10.7. The quantitative estimate of drug-likeness (QED) is 0.760. The third kappa shape index (κ3) is 3.59. The molecule has 0 aliphatic heterocycles. The first-order valence-electron chi connectivity index (χ1n) is 6.34. The lowest BCUT2D eigenvalue weighted by molar-refractivity contribution is 0.304.